The highest BCUT2D eigenvalue weighted by Gasteiger charge is 2.24. The Labute approximate surface area is 168 Å². The monoisotopic (exact) mass is 397 g/mol. The molecule has 1 aromatic heterocycles. The van der Waals surface area contributed by atoms with Gasteiger partial charge in [0.15, 0.2) is 5.75 Å². The van der Waals surface area contributed by atoms with Crippen LogP contribution in [0.4, 0.5) is 17.3 Å². The lowest BCUT2D eigenvalue weighted by Gasteiger charge is -2.15. The Hall–Kier alpha value is -3.75. The second-order valence-corrected chi connectivity index (χ2v) is 6.67. The number of benzene rings is 2. The van der Waals surface area contributed by atoms with Crippen LogP contribution < -0.4 is 15.5 Å². The van der Waals surface area contributed by atoms with E-state index < -0.39 is 0 Å². The van der Waals surface area contributed by atoms with Gasteiger partial charge >= 0.3 is 11.6 Å². The summed E-state index contributed by atoms with van der Waals surface area (Å²) in [5, 5.41) is 32.4. The molecular weight excluding hydrogens is 374 g/mol. The van der Waals surface area contributed by atoms with E-state index in [0.29, 0.717) is 6.42 Å². The normalized spacial score (nSPS) is 11.7. The Morgan fingerprint density at radius 1 is 1.24 bits per heavy atom. The summed E-state index contributed by atoms with van der Waals surface area (Å²) < 4.78 is 4.73. The quantitative estimate of drug-likeness (QED) is 0.414. The number of rotatable bonds is 7. The van der Waals surface area contributed by atoms with Crippen LogP contribution in [0.15, 0.2) is 53.2 Å². The van der Waals surface area contributed by atoms with Gasteiger partial charge in [-0.15, -0.1) is 0 Å². The highest BCUT2D eigenvalue weighted by atomic mass is 16.8. The minimum Gasteiger partial charge on any atom is -0.505 e. The molecule has 9 nitrogen and oxygen atoms in total. The number of nitrogens with one attached hydrogen (secondary N) is 2. The molecule has 0 saturated carbocycles. The largest absolute Gasteiger partial charge is 0.505 e. The molecule has 3 rings (SSSR count). The first-order valence-electron chi connectivity index (χ1n) is 9.14. The Bertz CT molecular complexity index is 988. The van der Waals surface area contributed by atoms with E-state index in [1.807, 2.05) is 37.3 Å². The van der Waals surface area contributed by atoms with E-state index in [-0.39, 0.29) is 45.5 Å². The van der Waals surface area contributed by atoms with E-state index in [2.05, 4.69) is 15.8 Å². The second-order valence-electron chi connectivity index (χ2n) is 6.67. The van der Waals surface area contributed by atoms with Crippen LogP contribution in [0.25, 0.3) is 0 Å². The average Bonchev–Trinajstić information content (AvgIpc) is 3.06. The van der Waals surface area contributed by atoms with Crippen molar-refractivity contribution in [2.45, 2.75) is 19.4 Å². The fourth-order valence-electron chi connectivity index (χ4n) is 2.91. The predicted molar refractivity (Wildman–Crippen MR) is 108 cm³/mol. The molecule has 0 unspecified atom stereocenters. The van der Waals surface area contributed by atoms with Crippen molar-refractivity contribution in [3.63, 3.8) is 0 Å². The maximum absolute atomic E-state index is 12.2. The van der Waals surface area contributed by atoms with Gasteiger partial charge in [-0.05, 0) is 29.3 Å². The number of phenols is 1. The van der Waals surface area contributed by atoms with Gasteiger partial charge in [-0.3, -0.25) is 10.1 Å². The van der Waals surface area contributed by atoms with Crippen molar-refractivity contribution in [2.24, 2.45) is 0 Å². The molecule has 1 heterocycles. The maximum Gasteiger partial charge on any atom is 0.320 e. The van der Waals surface area contributed by atoms with E-state index in [1.54, 1.807) is 26.2 Å². The number of nitrogens with zero attached hydrogens (tertiary/aromatic N) is 3. The number of anilines is 3. The van der Waals surface area contributed by atoms with Crippen LogP contribution in [-0.2, 0) is 0 Å². The third kappa shape index (κ3) is 4.23. The molecular formula is C20H23N5O4. The summed E-state index contributed by atoms with van der Waals surface area (Å²) in [5.41, 5.74) is 1.36. The lowest BCUT2D eigenvalue weighted by molar-refractivity contribution is -0.791. The highest BCUT2D eigenvalue weighted by Crippen LogP contribution is 2.33. The first kappa shape index (κ1) is 20.0. The number of carbonyl (C=O) groups is 1. The lowest BCUT2D eigenvalue weighted by Crippen LogP contribution is -2.29. The molecule has 0 fully saturated rings. The zero-order valence-electron chi connectivity index (χ0n) is 16.4. The summed E-state index contributed by atoms with van der Waals surface area (Å²) >= 11 is 0. The standard InChI is InChI=1S/C20H23N5O4/c1-4-15(13-9-6-5-7-10-13)22-19-18(23-29-25(19)28)21-16-12-8-11-14(17(16)26)20(27)24(2)3/h5-12,15,22,26H,4H2,1-3H3,(H,21,23)/t15-/m1/s1. The molecule has 0 aliphatic rings. The van der Waals surface area contributed by atoms with Gasteiger partial charge in [0.05, 0.1) is 17.3 Å². The third-order valence-electron chi connectivity index (χ3n) is 4.46. The number of hydrogen-bond acceptors (Lipinski definition) is 7. The summed E-state index contributed by atoms with van der Waals surface area (Å²) in [6.07, 6.45) is 0.715. The molecule has 0 radical (unpaired) electrons. The van der Waals surface area contributed by atoms with Gasteiger partial charge in [-0.2, -0.15) is 0 Å². The molecule has 3 N–H and O–H groups in total. The molecule has 0 aliphatic carbocycles. The molecule has 3 aromatic rings. The highest BCUT2D eigenvalue weighted by molar-refractivity contribution is 5.98. The van der Waals surface area contributed by atoms with Crippen molar-refractivity contribution < 1.29 is 19.4 Å². The Balaban J connectivity index is 1.89. The zero-order chi connectivity index (χ0) is 21.0. The van der Waals surface area contributed by atoms with Gasteiger partial charge < -0.3 is 25.2 Å². The first-order valence-corrected chi connectivity index (χ1v) is 9.14. The Morgan fingerprint density at radius 3 is 2.62 bits per heavy atom. The summed E-state index contributed by atoms with van der Waals surface area (Å²) in [6.45, 7) is 1.99. The first-order chi connectivity index (χ1) is 13.9. The number of aromatic hydroxyl groups is 1. The van der Waals surface area contributed by atoms with E-state index in [4.69, 9.17) is 4.63 Å². The van der Waals surface area contributed by atoms with Crippen molar-refractivity contribution in [3.05, 3.63) is 64.9 Å². The Kier molecular flexibility index (Phi) is 5.87. The van der Waals surface area contributed by atoms with Crippen LogP contribution in [0.2, 0.25) is 0 Å². The fourth-order valence-corrected chi connectivity index (χ4v) is 2.91. The summed E-state index contributed by atoms with van der Waals surface area (Å²) in [5.74, 6) is -0.421. The third-order valence-corrected chi connectivity index (χ3v) is 4.46. The number of carbonyl (C=O) groups excluding carboxylic acids is 1. The van der Waals surface area contributed by atoms with Crippen molar-refractivity contribution in [3.8, 4) is 5.75 Å². The number of hydrogen-bond donors (Lipinski definition) is 3. The lowest BCUT2D eigenvalue weighted by atomic mass is 10.0. The molecule has 0 saturated heterocycles. The summed E-state index contributed by atoms with van der Waals surface area (Å²) in [6, 6.07) is 14.2. The fraction of sp³-hybridized carbons (Fsp3) is 0.250. The van der Waals surface area contributed by atoms with Crippen LogP contribution in [0.3, 0.4) is 0 Å². The molecule has 0 aliphatic heterocycles. The molecule has 1 amide bonds. The average molecular weight is 397 g/mol. The van der Waals surface area contributed by atoms with Gasteiger partial charge in [0.1, 0.15) is 0 Å². The smallest absolute Gasteiger partial charge is 0.320 e. The van der Waals surface area contributed by atoms with E-state index >= 15 is 0 Å². The molecule has 9 heteroatoms. The van der Waals surface area contributed by atoms with Crippen LogP contribution in [-0.4, -0.2) is 35.2 Å². The molecule has 152 valence electrons. The van der Waals surface area contributed by atoms with Crippen molar-refractivity contribution in [2.75, 3.05) is 24.7 Å². The van der Waals surface area contributed by atoms with Crippen LogP contribution in [0.5, 0.6) is 5.75 Å². The predicted octanol–water partition coefficient (Wildman–Crippen LogP) is 3.02. The van der Waals surface area contributed by atoms with Crippen LogP contribution >= 0.6 is 0 Å². The van der Waals surface area contributed by atoms with Gasteiger partial charge in [-0.25, -0.2) is 0 Å². The van der Waals surface area contributed by atoms with Gasteiger partial charge in [0.2, 0.25) is 0 Å². The van der Waals surface area contributed by atoms with Crippen molar-refractivity contribution in [1.82, 2.24) is 10.1 Å². The van der Waals surface area contributed by atoms with E-state index in [9.17, 15) is 15.1 Å². The summed E-state index contributed by atoms with van der Waals surface area (Å²) in [4.78, 5) is 13.8. The summed E-state index contributed by atoms with van der Waals surface area (Å²) in [7, 11) is 3.19. The van der Waals surface area contributed by atoms with E-state index in [0.717, 1.165) is 5.56 Å². The van der Waals surface area contributed by atoms with Gasteiger partial charge in [0.25, 0.3) is 5.91 Å². The molecule has 29 heavy (non-hydrogen) atoms. The second kappa shape index (κ2) is 8.51. The SMILES string of the molecule is CC[C@@H](Nc1c(Nc2cccc(C(=O)N(C)C)c2O)no[n+]1[O-])c1ccccc1. The van der Waals surface area contributed by atoms with Crippen molar-refractivity contribution >= 4 is 23.2 Å². The van der Waals surface area contributed by atoms with Crippen molar-refractivity contribution in [1.29, 1.82) is 0 Å². The topological polar surface area (TPSA) is 118 Å². The minimum atomic E-state index is -0.348. The zero-order valence-corrected chi connectivity index (χ0v) is 16.4. The number of para-hydroxylation sites is 1. The Morgan fingerprint density at radius 2 is 1.97 bits per heavy atom. The van der Waals surface area contributed by atoms with E-state index in [1.165, 1.54) is 11.0 Å². The molecule has 2 aromatic carbocycles. The molecule has 0 spiro atoms. The van der Waals surface area contributed by atoms with Gasteiger partial charge in [-0.1, -0.05) is 48.2 Å². The number of phenolic OH excluding ortho intramolecular Hbond substituents is 1. The number of amides is 1. The maximum atomic E-state index is 12.2. The minimum absolute atomic E-state index is 0.0736. The molecule has 1 atom stereocenters. The van der Waals surface area contributed by atoms with Crippen LogP contribution in [0, 0.1) is 5.21 Å². The number of aromatic nitrogens is 2. The van der Waals surface area contributed by atoms with Crippen LogP contribution in [0.1, 0.15) is 35.3 Å². The van der Waals surface area contributed by atoms with Gasteiger partial charge in [0, 0.05) is 14.1 Å². The molecule has 0 bridgehead atoms.